The van der Waals surface area contributed by atoms with Crippen LogP contribution in [0.1, 0.15) is 30.5 Å². The Labute approximate surface area is 300 Å². The van der Waals surface area contributed by atoms with Crippen LogP contribution in [0.5, 0.6) is 17.2 Å². The first-order chi connectivity index (χ1) is 23.9. The molecule has 0 heterocycles. The van der Waals surface area contributed by atoms with Crippen LogP contribution < -0.4 is 23.8 Å². The number of methoxy groups -OCH3 is 3. The fraction of sp³-hybridized carbons (Fsp3) is 0.316. The normalized spacial score (nSPS) is 11.8. The number of hydrogen-bond acceptors (Lipinski definition) is 7. The highest BCUT2D eigenvalue weighted by molar-refractivity contribution is 7.92. The molecule has 0 aromatic heterocycles. The second-order valence-corrected chi connectivity index (χ2v) is 14.4. The molecule has 4 rings (SSSR count). The third kappa shape index (κ3) is 9.28. The van der Waals surface area contributed by atoms with Crippen molar-refractivity contribution < 1.29 is 32.2 Å². The summed E-state index contributed by atoms with van der Waals surface area (Å²) in [5, 5.41) is 3.23. The molecule has 4 aromatic carbocycles. The molecule has 0 radical (unpaired) electrons. The number of hydrogen-bond donors (Lipinski definition) is 1. The van der Waals surface area contributed by atoms with E-state index in [2.05, 4.69) is 5.32 Å². The summed E-state index contributed by atoms with van der Waals surface area (Å²) in [7, 11) is -0.244. The van der Waals surface area contributed by atoms with E-state index in [4.69, 9.17) is 25.8 Å². The minimum absolute atomic E-state index is 0.0443. The van der Waals surface area contributed by atoms with Gasteiger partial charge in [0.2, 0.25) is 11.8 Å². The van der Waals surface area contributed by atoms with Gasteiger partial charge in [-0.25, -0.2) is 8.42 Å². The van der Waals surface area contributed by atoms with Gasteiger partial charge in [0.25, 0.3) is 10.0 Å². The summed E-state index contributed by atoms with van der Waals surface area (Å²) in [6.45, 7) is 5.66. The van der Waals surface area contributed by atoms with Gasteiger partial charge in [-0.2, -0.15) is 0 Å². The Balaban J connectivity index is 1.89. The molecule has 50 heavy (non-hydrogen) atoms. The molecule has 0 aliphatic heterocycles. The molecule has 0 saturated heterocycles. The standard InChI is InChI=1S/C38H44ClN3O7S/c1-26(2)23-40-38(44)33(20-28-13-8-7-9-14-28)41(24-29-15-11-10-12-27(29)3)37(43)25-42(32-21-30(39)16-18-34(32)47-4)50(45,46)31-17-19-35(48-5)36(22-31)49-6/h7-19,21-22,26,33H,20,23-25H2,1-6H3,(H,40,44)/t33-/m1/s1. The largest absolute Gasteiger partial charge is 0.495 e. The second kappa shape index (κ2) is 17.3. The molecule has 0 saturated carbocycles. The van der Waals surface area contributed by atoms with Gasteiger partial charge in [-0.1, -0.05) is 80.0 Å². The number of nitrogens with one attached hydrogen (secondary N) is 1. The molecular weight excluding hydrogens is 678 g/mol. The summed E-state index contributed by atoms with van der Waals surface area (Å²) in [5.41, 5.74) is 2.61. The van der Waals surface area contributed by atoms with Crippen LogP contribution in [-0.4, -0.2) is 65.6 Å². The zero-order chi connectivity index (χ0) is 36.4. The third-order valence-corrected chi connectivity index (χ3v) is 10.2. The number of anilines is 1. The quantitative estimate of drug-likeness (QED) is 0.145. The minimum Gasteiger partial charge on any atom is -0.495 e. The maximum Gasteiger partial charge on any atom is 0.265 e. The van der Waals surface area contributed by atoms with Gasteiger partial charge in [0, 0.05) is 30.6 Å². The van der Waals surface area contributed by atoms with Crippen molar-refractivity contribution in [3.8, 4) is 17.2 Å². The summed E-state index contributed by atoms with van der Waals surface area (Å²) in [5.74, 6) is -0.112. The van der Waals surface area contributed by atoms with Crippen molar-refractivity contribution in [3.63, 3.8) is 0 Å². The van der Waals surface area contributed by atoms with Crippen LogP contribution in [0, 0.1) is 12.8 Å². The molecule has 0 unspecified atom stereocenters. The number of amides is 2. The lowest BCUT2D eigenvalue weighted by Crippen LogP contribution is -2.53. The Morgan fingerprint density at radius 2 is 1.46 bits per heavy atom. The first kappa shape index (κ1) is 38.1. The SMILES string of the molecule is COc1ccc(S(=O)(=O)N(CC(=O)N(Cc2ccccc2C)[C@H](Cc2ccccc2)C(=O)NCC(C)C)c2cc(Cl)ccc2OC)cc1OC. The molecule has 1 atom stereocenters. The second-order valence-electron chi connectivity index (χ2n) is 12.1. The lowest BCUT2D eigenvalue weighted by atomic mass is 10.0. The van der Waals surface area contributed by atoms with Crippen LogP contribution in [0.2, 0.25) is 5.02 Å². The summed E-state index contributed by atoms with van der Waals surface area (Å²) in [6.07, 6.45) is 0.200. The molecule has 4 aromatic rings. The number of rotatable bonds is 16. The number of aryl methyl sites for hydroxylation is 1. The van der Waals surface area contributed by atoms with Crippen molar-refractivity contribution in [2.24, 2.45) is 5.92 Å². The zero-order valence-electron chi connectivity index (χ0n) is 29.2. The van der Waals surface area contributed by atoms with E-state index in [1.54, 1.807) is 6.07 Å². The average molecular weight is 722 g/mol. The molecular formula is C38H44ClN3O7S. The molecule has 0 fully saturated rings. The molecule has 0 bridgehead atoms. The van der Waals surface area contributed by atoms with Crippen molar-refractivity contribution in [1.82, 2.24) is 10.2 Å². The van der Waals surface area contributed by atoms with E-state index in [0.29, 0.717) is 12.3 Å². The van der Waals surface area contributed by atoms with E-state index in [1.165, 1.54) is 56.6 Å². The topological polar surface area (TPSA) is 114 Å². The van der Waals surface area contributed by atoms with Gasteiger partial charge in [0.1, 0.15) is 18.3 Å². The molecule has 10 nitrogen and oxygen atoms in total. The Morgan fingerprint density at radius 1 is 0.820 bits per heavy atom. The number of sulfonamides is 1. The predicted molar refractivity (Wildman–Crippen MR) is 196 cm³/mol. The fourth-order valence-corrected chi connectivity index (χ4v) is 7.02. The Bertz CT molecular complexity index is 1890. The minimum atomic E-state index is -4.49. The highest BCUT2D eigenvalue weighted by Crippen LogP contribution is 2.37. The van der Waals surface area contributed by atoms with Gasteiger partial charge in [-0.3, -0.25) is 13.9 Å². The first-order valence-corrected chi connectivity index (χ1v) is 17.9. The van der Waals surface area contributed by atoms with E-state index in [1.807, 2.05) is 75.4 Å². The Kier molecular flexibility index (Phi) is 13.1. The Hall–Kier alpha value is -4.74. The highest BCUT2D eigenvalue weighted by Gasteiger charge is 2.36. The van der Waals surface area contributed by atoms with Crippen molar-refractivity contribution in [1.29, 1.82) is 0 Å². The van der Waals surface area contributed by atoms with Crippen LogP contribution >= 0.6 is 11.6 Å². The van der Waals surface area contributed by atoms with Gasteiger partial charge in [0.15, 0.2) is 11.5 Å². The van der Waals surface area contributed by atoms with Gasteiger partial charge in [-0.05, 0) is 59.9 Å². The number of carbonyl (C=O) groups is 2. The van der Waals surface area contributed by atoms with Gasteiger partial charge in [-0.15, -0.1) is 0 Å². The van der Waals surface area contributed by atoms with Crippen LogP contribution in [0.4, 0.5) is 5.69 Å². The summed E-state index contributed by atoms with van der Waals surface area (Å²) < 4.78 is 46.5. The summed E-state index contributed by atoms with van der Waals surface area (Å²) >= 11 is 6.41. The molecule has 0 aliphatic rings. The van der Waals surface area contributed by atoms with Crippen LogP contribution in [0.3, 0.4) is 0 Å². The number of benzene rings is 4. The number of halogens is 1. The van der Waals surface area contributed by atoms with Crippen LogP contribution in [0.25, 0.3) is 0 Å². The van der Waals surface area contributed by atoms with Crippen molar-refractivity contribution in [3.05, 3.63) is 113 Å². The van der Waals surface area contributed by atoms with E-state index in [0.717, 1.165) is 21.0 Å². The van der Waals surface area contributed by atoms with E-state index >= 15 is 0 Å². The Morgan fingerprint density at radius 3 is 2.10 bits per heavy atom. The molecule has 2 amide bonds. The van der Waals surface area contributed by atoms with Gasteiger partial charge >= 0.3 is 0 Å². The lowest BCUT2D eigenvalue weighted by molar-refractivity contribution is -0.140. The van der Waals surface area contributed by atoms with Crippen molar-refractivity contribution in [2.45, 2.75) is 44.7 Å². The zero-order valence-corrected chi connectivity index (χ0v) is 30.8. The summed E-state index contributed by atoms with van der Waals surface area (Å²) in [4.78, 5) is 30.1. The fourth-order valence-electron chi connectivity index (χ4n) is 5.42. The van der Waals surface area contributed by atoms with Crippen LogP contribution in [-0.2, 0) is 32.6 Å². The monoisotopic (exact) mass is 721 g/mol. The maximum atomic E-state index is 14.8. The lowest BCUT2D eigenvalue weighted by Gasteiger charge is -2.34. The number of carbonyl (C=O) groups excluding carboxylic acids is 2. The summed E-state index contributed by atoms with van der Waals surface area (Å²) in [6, 6.07) is 24.7. The van der Waals surface area contributed by atoms with Gasteiger partial charge in [0.05, 0.1) is 31.9 Å². The van der Waals surface area contributed by atoms with E-state index in [-0.39, 0.29) is 51.9 Å². The van der Waals surface area contributed by atoms with Gasteiger partial charge < -0.3 is 24.4 Å². The number of ether oxygens (including phenoxy) is 3. The smallest absolute Gasteiger partial charge is 0.265 e. The van der Waals surface area contributed by atoms with E-state index < -0.39 is 28.5 Å². The highest BCUT2D eigenvalue weighted by atomic mass is 35.5. The molecule has 1 N–H and O–H groups in total. The predicted octanol–water partition coefficient (Wildman–Crippen LogP) is 6.28. The first-order valence-electron chi connectivity index (χ1n) is 16.1. The third-order valence-electron chi connectivity index (χ3n) is 8.19. The molecule has 0 spiro atoms. The van der Waals surface area contributed by atoms with E-state index in [9.17, 15) is 18.0 Å². The number of nitrogens with zero attached hydrogens (tertiary/aromatic N) is 2. The molecule has 0 aliphatic carbocycles. The average Bonchev–Trinajstić information content (AvgIpc) is 3.11. The van der Waals surface area contributed by atoms with Crippen molar-refractivity contribution >= 4 is 39.1 Å². The molecule has 12 heteroatoms. The van der Waals surface area contributed by atoms with Crippen LogP contribution in [0.15, 0.2) is 95.9 Å². The molecule has 266 valence electrons. The van der Waals surface area contributed by atoms with Crippen molar-refractivity contribution in [2.75, 3.05) is 38.7 Å². The maximum absolute atomic E-state index is 14.8.